The van der Waals surface area contributed by atoms with Gasteiger partial charge in [0, 0.05) is 4.88 Å². The third-order valence-corrected chi connectivity index (χ3v) is 4.07. The molecule has 6 heteroatoms. The van der Waals surface area contributed by atoms with Crippen LogP contribution in [0.25, 0.3) is 0 Å². The monoisotopic (exact) mass is 253 g/mol. The minimum absolute atomic E-state index is 0.193. The molecule has 0 unspecified atom stereocenters. The second-order valence-electron chi connectivity index (χ2n) is 3.32. The molecule has 2 rings (SSSR count). The molecule has 0 fully saturated rings. The van der Waals surface area contributed by atoms with Crippen molar-refractivity contribution < 1.29 is 4.79 Å². The maximum absolute atomic E-state index is 11.8. The number of rotatable bonds is 2. The number of nitrogens with one attached hydrogen (secondary N) is 1. The predicted octanol–water partition coefficient (Wildman–Crippen LogP) is 2.66. The molecule has 16 heavy (non-hydrogen) atoms. The van der Waals surface area contributed by atoms with Crippen molar-refractivity contribution in [1.29, 1.82) is 0 Å². The van der Waals surface area contributed by atoms with Gasteiger partial charge in [-0.25, -0.2) is 4.98 Å². The summed E-state index contributed by atoms with van der Waals surface area (Å²) in [7, 11) is 0. The van der Waals surface area contributed by atoms with Gasteiger partial charge in [0.1, 0.15) is 4.88 Å². The van der Waals surface area contributed by atoms with Crippen LogP contribution in [0.1, 0.15) is 20.2 Å². The summed E-state index contributed by atoms with van der Waals surface area (Å²) < 4.78 is 0. The number of carbonyl (C=O) groups excluding carboxylic acids is 1. The smallest absolute Gasteiger partial charge is 0.269 e. The summed E-state index contributed by atoms with van der Waals surface area (Å²) in [5, 5.41) is 5.16. The lowest BCUT2D eigenvalue weighted by atomic mass is 10.4. The summed E-state index contributed by atoms with van der Waals surface area (Å²) >= 11 is 2.79. The van der Waals surface area contributed by atoms with Gasteiger partial charge in [0.25, 0.3) is 5.91 Å². The Bertz CT molecular complexity index is 510. The maximum Gasteiger partial charge on any atom is 0.269 e. The molecular formula is C10H11N3OS2. The minimum Gasteiger partial charge on any atom is -0.397 e. The van der Waals surface area contributed by atoms with Crippen LogP contribution in [-0.4, -0.2) is 10.9 Å². The third-order valence-electron chi connectivity index (χ3n) is 2.15. The molecule has 0 radical (unpaired) electrons. The number of anilines is 2. The van der Waals surface area contributed by atoms with Crippen LogP contribution >= 0.6 is 22.7 Å². The summed E-state index contributed by atoms with van der Waals surface area (Å²) in [6.45, 7) is 3.89. The van der Waals surface area contributed by atoms with Gasteiger partial charge in [0.15, 0.2) is 5.13 Å². The van der Waals surface area contributed by atoms with Gasteiger partial charge in [-0.05, 0) is 25.3 Å². The fourth-order valence-corrected chi connectivity index (χ4v) is 2.71. The molecule has 3 N–H and O–H groups in total. The molecule has 2 heterocycles. The molecule has 1 amide bonds. The Balaban J connectivity index is 2.17. The highest BCUT2D eigenvalue weighted by Gasteiger charge is 2.13. The first-order valence-electron chi connectivity index (χ1n) is 4.66. The molecule has 0 aliphatic heterocycles. The zero-order valence-electron chi connectivity index (χ0n) is 8.90. The normalized spacial score (nSPS) is 10.4. The molecule has 2 aromatic rings. The van der Waals surface area contributed by atoms with Gasteiger partial charge in [-0.15, -0.1) is 22.7 Å². The maximum atomic E-state index is 11.8. The molecule has 4 nitrogen and oxygen atoms in total. The van der Waals surface area contributed by atoms with Crippen LogP contribution in [0.15, 0.2) is 11.4 Å². The van der Waals surface area contributed by atoms with Crippen molar-refractivity contribution in [1.82, 2.24) is 4.98 Å². The number of nitrogens with two attached hydrogens (primary N) is 1. The van der Waals surface area contributed by atoms with Crippen molar-refractivity contribution in [2.75, 3.05) is 11.1 Å². The van der Waals surface area contributed by atoms with Crippen molar-refractivity contribution in [2.45, 2.75) is 13.8 Å². The fourth-order valence-electron chi connectivity index (χ4n) is 1.18. The molecule has 2 aromatic heterocycles. The largest absolute Gasteiger partial charge is 0.397 e. The van der Waals surface area contributed by atoms with Gasteiger partial charge in [-0.2, -0.15) is 0 Å². The zero-order valence-corrected chi connectivity index (χ0v) is 10.5. The van der Waals surface area contributed by atoms with E-state index in [0.717, 1.165) is 10.6 Å². The number of nitrogen functional groups attached to an aromatic ring is 1. The summed E-state index contributed by atoms with van der Waals surface area (Å²) in [5.74, 6) is -0.193. The van der Waals surface area contributed by atoms with Crippen LogP contribution in [0, 0.1) is 13.8 Å². The van der Waals surface area contributed by atoms with E-state index >= 15 is 0 Å². The molecule has 0 aromatic carbocycles. The van der Waals surface area contributed by atoms with Crippen molar-refractivity contribution >= 4 is 39.4 Å². The number of amides is 1. The second-order valence-corrected chi connectivity index (χ2v) is 5.44. The van der Waals surface area contributed by atoms with E-state index in [-0.39, 0.29) is 5.91 Å². The Morgan fingerprint density at radius 1 is 1.50 bits per heavy atom. The first kappa shape index (κ1) is 11.1. The van der Waals surface area contributed by atoms with Gasteiger partial charge < -0.3 is 5.73 Å². The lowest BCUT2D eigenvalue weighted by Gasteiger charge is -1.99. The lowest BCUT2D eigenvalue weighted by molar-refractivity contribution is 0.103. The zero-order chi connectivity index (χ0) is 11.7. The van der Waals surface area contributed by atoms with E-state index in [0.29, 0.717) is 15.7 Å². The van der Waals surface area contributed by atoms with Gasteiger partial charge in [-0.1, -0.05) is 0 Å². The number of carbonyl (C=O) groups is 1. The Morgan fingerprint density at radius 3 is 2.75 bits per heavy atom. The van der Waals surface area contributed by atoms with E-state index in [1.807, 2.05) is 13.8 Å². The highest BCUT2D eigenvalue weighted by molar-refractivity contribution is 7.16. The number of nitrogens with zero attached hydrogens (tertiary/aromatic N) is 1. The minimum atomic E-state index is -0.193. The molecule has 84 valence electrons. The lowest BCUT2D eigenvalue weighted by Crippen LogP contribution is -2.11. The van der Waals surface area contributed by atoms with Crippen LogP contribution < -0.4 is 11.1 Å². The Labute approximate surface area is 101 Å². The number of aromatic nitrogens is 1. The van der Waals surface area contributed by atoms with E-state index in [1.165, 1.54) is 22.7 Å². The number of hydrogen-bond donors (Lipinski definition) is 2. The van der Waals surface area contributed by atoms with Crippen LogP contribution in [0.4, 0.5) is 10.8 Å². The van der Waals surface area contributed by atoms with Gasteiger partial charge >= 0.3 is 0 Å². The molecule has 0 spiro atoms. The Kier molecular flexibility index (Phi) is 2.93. The Morgan fingerprint density at radius 2 is 2.25 bits per heavy atom. The van der Waals surface area contributed by atoms with E-state index in [4.69, 9.17) is 5.73 Å². The number of hydrogen-bond acceptors (Lipinski definition) is 5. The van der Waals surface area contributed by atoms with Crippen molar-refractivity contribution in [3.8, 4) is 0 Å². The van der Waals surface area contributed by atoms with E-state index in [9.17, 15) is 4.79 Å². The quantitative estimate of drug-likeness (QED) is 0.864. The summed E-state index contributed by atoms with van der Waals surface area (Å²) in [6.07, 6.45) is 0. The predicted molar refractivity (Wildman–Crippen MR) is 68.3 cm³/mol. The van der Waals surface area contributed by atoms with Crippen molar-refractivity contribution in [3.05, 3.63) is 26.9 Å². The van der Waals surface area contributed by atoms with Gasteiger partial charge in [0.2, 0.25) is 0 Å². The summed E-state index contributed by atoms with van der Waals surface area (Å²) in [6, 6.07) is 1.72. The van der Waals surface area contributed by atoms with E-state index in [2.05, 4.69) is 10.3 Å². The van der Waals surface area contributed by atoms with Crippen LogP contribution in [-0.2, 0) is 0 Å². The fraction of sp³-hybridized carbons (Fsp3) is 0.200. The molecular weight excluding hydrogens is 242 g/mol. The van der Waals surface area contributed by atoms with Crippen LogP contribution in [0.2, 0.25) is 0 Å². The standard InChI is InChI=1S/C10H11N3OS2/c1-5-6(2)16-10(12-5)13-9(14)8-7(11)3-4-15-8/h3-4H,11H2,1-2H3,(H,12,13,14). The van der Waals surface area contributed by atoms with Gasteiger partial charge in [-0.3, -0.25) is 10.1 Å². The van der Waals surface area contributed by atoms with Crippen molar-refractivity contribution in [2.24, 2.45) is 0 Å². The number of thiophene rings is 1. The third kappa shape index (κ3) is 2.07. The molecule has 0 atom stereocenters. The van der Waals surface area contributed by atoms with Crippen LogP contribution in [0.3, 0.4) is 0 Å². The Hall–Kier alpha value is -1.40. The second kappa shape index (κ2) is 4.23. The summed E-state index contributed by atoms with van der Waals surface area (Å²) in [4.78, 5) is 17.7. The molecule has 0 aliphatic carbocycles. The molecule has 0 saturated heterocycles. The van der Waals surface area contributed by atoms with Crippen molar-refractivity contribution in [3.63, 3.8) is 0 Å². The number of thiazole rings is 1. The first-order valence-corrected chi connectivity index (χ1v) is 6.36. The highest BCUT2D eigenvalue weighted by atomic mass is 32.1. The molecule has 0 aliphatic rings. The van der Waals surface area contributed by atoms with Gasteiger partial charge in [0.05, 0.1) is 11.4 Å². The average Bonchev–Trinajstić information content (AvgIpc) is 2.74. The topological polar surface area (TPSA) is 68.0 Å². The van der Waals surface area contributed by atoms with E-state index < -0.39 is 0 Å². The highest BCUT2D eigenvalue weighted by Crippen LogP contribution is 2.24. The summed E-state index contributed by atoms with van der Waals surface area (Å²) in [5.41, 5.74) is 7.11. The molecule has 0 bridgehead atoms. The molecule has 0 saturated carbocycles. The average molecular weight is 253 g/mol. The SMILES string of the molecule is Cc1nc(NC(=O)c2sccc2N)sc1C. The first-order chi connectivity index (χ1) is 7.58. The van der Waals surface area contributed by atoms with Crippen LogP contribution in [0.5, 0.6) is 0 Å². The number of aryl methyl sites for hydroxylation is 2. The van der Waals surface area contributed by atoms with E-state index in [1.54, 1.807) is 11.4 Å².